The molecule has 0 radical (unpaired) electrons. The second kappa shape index (κ2) is 9.66. The van der Waals surface area contributed by atoms with E-state index in [0.29, 0.717) is 22.9 Å². The van der Waals surface area contributed by atoms with Crippen LogP contribution in [0.2, 0.25) is 0 Å². The fourth-order valence-electron chi connectivity index (χ4n) is 3.63. The van der Waals surface area contributed by atoms with E-state index in [9.17, 15) is 9.59 Å². The van der Waals surface area contributed by atoms with Gasteiger partial charge in [0.05, 0.1) is 16.2 Å². The molecule has 0 bridgehead atoms. The third-order valence-corrected chi connectivity index (χ3v) is 6.56. The van der Waals surface area contributed by atoms with Crippen LogP contribution in [0.25, 0.3) is 16.7 Å². The summed E-state index contributed by atoms with van der Waals surface area (Å²) in [4.78, 5) is 27.9. The predicted molar refractivity (Wildman–Crippen MR) is 134 cm³/mol. The van der Waals surface area contributed by atoms with Crippen LogP contribution in [0.1, 0.15) is 26.7 Å². The van der Waals surface area contributed by atoms with Crippen molar-refractivity contribution in [2.45, 2.75) is 43.6 Å². The third-order valence-electron chi connectivity index (χ3n) is 5.52. The Morgan fingerprint density at radius 1 is 1.12 bits per heavy atom. The molecular weight excluding hydrogens is 436 g/mol. The highest BCUT2D eigenvalue weighted by molar-refractivity contribution is 8.00. The Balaban J connectivity index is 1.64. The number of thioether (sulfide) groups is 1. The van der Waals surface area contributed by atoms with Crippen molar-refractivity contribution in [2.24, 2.45) is 0 Å². The molecule has 1 amide bonds. The summed E-state index contributed by atoms with van der Waals surface area (Å²) in [5.74, 6) is 0.375. The molecule has 1 atom stereocenters. The van der Waals surface area contributed by atoms with E-state index in [1.165, 1.54) is 11.8 Å². The van der Waals surface area contributed by atoms with Gasteiger partial charge in [-0.2, -0.15) is 0 Å². The Morgan fingerprint density at radius 2 is 1.85 bits per heavy atom. The molecule has 2 aromatic carbocycles. The largest absolute Gasteiger partial charge is 0.378 e. The summed E-state index contributed by atoms with van der Waals surface area (Å²) in [6, 6.07) is 15.1. The van der Waals surface area contributed by atoms with Crippen molar-refractivity contribution >= 4 is 45.7 Å². The second-order valence-electron chi connectivity index (χ2n) is 8.14. The Kier molecular flexibility index (Phi) is 6.69. The number of hydrogen-bond donors (Lipinski definition) is 1. The molecule has 1 N–H and O–H groups in total. The lowest BCUT2D eigenvalue weighted by Crippen LogP contribution is -2.24. The number of rotatable bonds is 8. The molecular formula is C24H28N6O2S. The first-order valence-electron chi connectivity index (χ1n) is 11.0. The summed E-state index contributed by atoms with van der Waals surface area (Å²) in [6.45, 7) is 4.50. The van der Waals surface area contributed by atoms with Crippen LogP contribution in [-0.2, 0) is 11.3 Å². The second-order valence-corrected chi connectivity index (χ2v) is 9.44. The van der Waals surface area contributed by atoms with Gasteiger partial charge in [-0.3, -0.25) is 18.6 Å². The summed E-state index contributed by atoms with van der Waals surface area (Å²) in [5.41, 5.74) is 2.47. The average Bonchev–Trinajstić information content (AvgIpc) is 3.22. The first-order valence-corrected chi connectivity index (χ1v) is 11.9. The monoisotopic (exact) mass is 464 g/mol. The number of para-hydroxylation sites is 1. The molecule has 4 aromatic rings. The molecule has 172 valence electrons. The number of aryl methyl sites for hydroxylation is 1. The summed E-state index contributed by atoms with van der Waals surface area (Å²) >= 11 is 1.32. The summed E-state index contributed by atoms with van der Waals surface area (Å²) in [6.07, 6.45) is 1.84. The van der Waals surface area contributed by atoms with Crippen molar-refractivity contribution in [1.29, 1.82) is 0 Å². The average molecular weight is 465 g/mol. The van der Waals surface area contributed by atoms with Gasteiger partial charge in [0.2, 0.25) is 11.7 Å². The van der Waals surface area contributed by atoms with Gasteiger partial charge in [-0.1, -0.05) is 37.2 Å². The lowest BCUT2D eigenvalue weighted by molar-refractivity contribution is -0.115. The van der Waals surface area contributed by atoms with E-state index in [1.807, 2.05) is 78.9 Å². The Hall–Kier alpha value is -3.33. The van der Waals surface area contributed by atoms with Crippen LogP contribution < -0.4 is 15.8 Å². The van der Waals surface area contributed by atoms with E-state index in [4.69, 9.17) is 0 Å². The van der Waals surface area contributed by atoms with Crippen LogP contribution in [0.4, 0.5) is 11.4 Å². The number of carbonyl (C=O) groups is 1. The van der Waals surface area contributed by atoms with Gasteiger partial charge in [0, 0.05) is 32.0 Å². The van der Waals surface area contributed by atoms with Gasteiger partial charge in [0.1, 0.15) is 0 Å². The number of benzene rings is 2. The van der Waals surface area contributed by atoms with Crippen LogP contribution in [0.15, 0.2) is 58.5 Å². The van der Waals surface area contributed by atoms with E-state index in [2.05, 4.69) is 22.4 Å². The summed E-state index contributed by atoms with van der Waals surface area (Å²) in [7, 11) is 3.95. The normalized spacial score (nSPS) is 12.2. The van der Waals surface area contributed by atoms with Crippen molar-refractivity contribution in [3.63, 3.8) is 0 Å². The van der Waals surface area contributed by atoms with Gasteiger partial charge in [0.15, 0.2) is 5.16 Å². The highest BCUT2D eigenvalue weighted by atomic mass is 32.2. The molecule has 0 aliphatic heterocycles. The first kappa shape index (κ1) is 22.8. The fourth-order valence-corrected chi connectivity index (χ4v) is 4.48. The Bertz CT molecular complexity index is 1340. The smallest absolute Gasteiger partial charge is 0.262 e. The number of aromatic nitrogens is 4. The fraction of sp³-hybridized carbons (Fsp3) is 0.333. The number of nitrogens with zero attached hydrogens (tertiary/aromatic N) is 5. The number of unbranched alkanes of at least 4 members (excludes halogenated alkanes) is 1. The zero-order valence-corrected chi connectivity index (χ0v) is 20.1. The number of hydrogen-bond acceptors (Lipinski definition) is 6. The molecule has 8 nitrogen and oxygen atoms in total. The molecule has 1 unspecified atom stereocenters. The Labute approximate surface area is 196 Å². The topological polar surface area (TPSA) is 84.5 Å². The lowest BCUT2D eigenvalue weighted by Gasteiger charge is -2.15. The number of anilines is 2. The third kappa shape index (κ3) is 4.59. The van der Waals surface area contributed by atoms with Crippen molar-refractivity contribution < 1.29 is 4.79 Å². The Morgan fingerprint density at radius 3 is 2.55 bits per heavy atom. The van der Waals surface area contributed by atoms with E-state index < -0.39 is 5.25 Å². The minimum absolute atomic E-state index is 0.0672. The van der Waals surface area contributed by atoms with Gasteiger partial charge >= 0.3 is 0 Å². The zero-order chi connectivity index (χ0) is 23.5. The van der Waals surface area contributed by atoms with E-state index in [0.717, 1.165) is 29.7 Å². The molecule has 33 heavy (non-hydrogen) atoms. The zero-order valence-electron chi connectivity index (χ0n) is 19.3. The molecule has 0 aliphatic carbocycles. The predicted octanol–water partition coefficient (Wildman–Crippen LogP) is 4.03. The van der Waals surface area contributed by atoms with Crippen molar-refractivity contribution in [2.75, 3.05) is 24.3 Å². The molecule has 9 heteroatoms. The number of fused-ring (bicyclic) bond motifs is 3. The molecule has 0 saturated carbocycles. The molecule has 0 fully saturated rings. The van der Waals surface area contributed by atoms with E-state index in [1.54, 1.807) is 4.57 Å². The van der Waals surface area contributed by atoms with Gasteiger partial charge in [-0.15, -0.1) is 10.2 Å². The highest BCUT2D eigenvalue weighted by Crippen LogP contribution is 2.26. The van der Waals surface area contributed by atoms with Crippen LogP contribution in [0, 0.1) is 0 Å². The molecule has 0 saturated heterocycles. The molecule has 0 aliphatic rings. The van der Waals surface area contributed by atoms with Crippen molar-refractivity contribution in [1.82, 2.24) is 19.2 Å². The molecule has 0 spiro atoms. The van der Waals surface area contributed by atoms with Crippen LogP contribution in [-0.4, -0.2) is 44.4 Å². The maximum Gasteiger partial charge on any atom is 0.262 e. The number of amides is 1. The van der Waals surface area contributed by atoms with Crippen LogP contribution in [0.5, 0.6) is 0 Å². The molecule has 4 rings (SSSR count). The first-order chi connectivity index (χ1) is 15.9. The van der Waals surface area contributed by atoms with Crippen LogP contribution in [0.3, 0.4) is 0 Å². The number of carbonyl (C=O) groups excluding carboxylic acids is 1. The quantitative estimate of drug-likeness (QED) is 0.396. The minimum Gasteiger partial charge on any atom is -0.378 e. The molecule has 2 aromatic heterocycles. The maximum absolute atomic E-state index is 13.1. The van der Waals surface area contributed by atoms with Crippen molar-refractivity contribution in [3.8, 4) is 0 Å². The summed E-state index contributed by atoms with van der Waals surface area (Å²) in [5, 5.41) is 12.4. The summed E-state index contributed by atoms with van der Waals surface area (Å²) < 4.78 is 3.56. The van der Waals surface area contributed by atoms with Gasteiger partial charge in [-0.05, 0) is 49.7 Å². The minimum atomic E-state index is -0.416. The van der Waals surface area contributed by atoms with Gasteiger partial charge < -0.3 is 10.2 Å². The SMILES string of the molecule is CCCCn1c(=O)c2ccccc2n2c(SC(C)C(=O)Nc3ccc(N(C)C)cc3)nnc12. The van der Waals surface area contributed by atoms with E-state index >= 15 is 0 Å². The van der Waals surface area contributed by atoms with E-state index in [-0.39, 0.29) is 11.5 Å². The standard InChI is InChI=1S/C24H28N6O2S/c1-5-6-15-29-22(32)19-9-7-8-10-20(19)30-23(29)26-27-24(30)33-16(2)21(31)25-17-11-13-18(14-12-17)28(3)4/h7-14,16H,5-6,15H2,1-4H3,(H,25,31). The highest BCUT2D eigenvalue weighted by Gasteiger charge is 2.21. The lowest BCUT2D eigenvalue weighted by atomic mass is 10.2. The number of nitrogens with one attached hydrogen (secondary N) is 1. The van der Waals surface area contributed by atoms with Gasteiger partial charge in [0.25, 0.3) is 5.56 Å². The maximum atomic E-state index is 13.1. The van der Waals surface area contributed by atoms with Crippen molar-refractivity contribution in [3.05, 3.63) is 58.9 Å². The molecule has 2 heterocycles. The van der Waals surface area contributed by atoms with Gasteiger partial charge in [-0.25, -0.2) is 0 Å². The van der Waals surface area contributed by atoms with Crippen LogP contribution >= 0.6 is 11.8 Å².